The van der Waals surface area contributed by atoms with E-state index in [1.165, 1.54) is 11.3 Å². The summed E-state index contributed by atoms with van der Waals surface area (Å²) in [7, 11) is 0. The number of hydrogen-bond acceptors (Lipinski definition) is 5. The monoisotopic (exact) mass is 498 g/mol. The zero-order valence-electron chi connectivity index (χ0n) is 20.8. The predicted molar refractivity (Wildman–Crippen MR) is 144 cm³/mol. The van der Waals surface area contributed by atoms with E-state index in [0.29, 0.717) is 22.8 Å². The van der Waals surface area contributed by atoms with Crippen LogP contribution in [0.3, 0.4) is 0 Å². The highest BCUT2D eigenvalue weighted by atomic mass is 32.1. The average molecular weight is 499 g/mol. The fourth-order valence-corrected chi connectivity index (χ4v) is 5.53. The van der Waals surface area contributed by atoms with Crippen molar-refractivity contribution in [1.82, 2.24) is 9.88 Å². The third-order valence-corrected chi connectivity index (χ3v) is 7.02. The summed E-state index contributed by atoms with van der Waals surface area (Å²) in [6.45, 7) is 6.63. The molecule has 5 nitrogen and oxygen atoms in total. The van der Waals surface area contributed by atoms with E-state index < -0.39 is 5.97 Å². The summed E-state index contributed by atoms with van der Waals surface area (Å²) in [5.41, 5.74) is 2.83. The van der Waals surface area contributed by atoms with Crippen LogP contribution in [0.25, 0.3) is 10.4 Å². The number of amides is 1. The molecule has 1 unspecified atom stereocenters. The third-order valence-electron chi connectivity index (χ3n) is 5.85. The summed E-state index contributed by atoms with van der Waals surface area (Å²) < 4.78 is 5.34. The minimum absolute atomic E-state index is 0.0474. The second-order valence-electron chi connectivity index (χ2n) is 8.79. The van der Waals surface area contributed by atoms with E-state index in [1.54, 1.807) is 6.92 Å². The highest BCUT2D eigenvalue weighted by Gasteiger charge is 2.33. The van der Waals surface area contributed by atoms with Crippen molar-refractivity contribution in [2.24, 2.45) is 5.92 Å². The number of ether oxygens (including phenoxy) is 1. The number of carbonyl (C=O) groups is 2. The number of nitrogens with zero attached hydrogens (tertiary/aromatic N) is 2. The zero-order chi connectivity index (χ0) is 25.5. The number of rotatable bonds is 9. The van der Waals surface area contributed by atoms with Crippen LogP contribution in [-0.2, 0) is 11.3 Å². The molecule has 0 N–H and O–H groups in total. The van der Waals surface area contributed by atoms with E-state index in [-0.39, 0.29) is 24.5 Å². The Kier molecular flexibility index (Phi) is 8.28. The molecule has 0 saturated carbocycles. The molecular weight excluding hydrogens is 468 g/mol. The van der Waals surface area contributed by atoms with Crippen LogP contribution in [0.5, 0.6) is 0 Å². The normalized spacial score (nSPS) is 11.8. The molecule has 0 fully saturated rings. The summed E-state index contributed by atoms with van der Waals surface area (Å²) in [5.74, 6) is -0.483. The molecule has 1 atom stereocenters. The molecule has 0 bridgehead atoms. The Labute approximate surface area is 216 Å². The van der Waals surface area contributed by atoms with Crippen molar-refractivity contribution < 1.29 is 14.3 Å². The molecule has 0 radical (unpaired) electrons. The maximum absolute atomic E-state index is 13.9. The van der Waals surface area contributed by atoms with Crippen LogP contribution >= 0.6 is 11.3 Å². The molecular formula is C30H30N2O3S. The van der Waals surface area contributed by atoms with Gasteiger partial charge in [0.15, 0.2) is 5.69 Å². The van der Waals surface area contributed by atoms with Crippen molar-refractivity contribution in [2.75, 3.05) is 6.61 Å². The van der Waals surface area contributed by atoms with Gasteiger partial charge in [-0.1, -0.05) is 92.7 Å². The van der Waals surface area contributed by atoms with E-state index in [4.69, 9.17) is 9.72 Å². The van der Waals surface area contributed by atoms with Gasteiger partial charge in [0.05, 0.1) is 17.5 Å². The van der Waals surface area contributed by atoms with Crippen LogP contribution in [0.1, 0.15) is 58.2 Å². The molecule has 1 amide bonds. The van der Waals surface area contributed by atoms with Gasteiger partial charge in [0.1, 0.15) is 5.01 Å². The van der Waals surface area contributed by atoms with Gasteiger partial charge in [0, 0.05) is 12.1 Å². The lowest BCUT2D eigenvalue weighted by molar-refractivity contribution is 0.0520. The van der Waals surface area contributed by atoms with E-state index in [0.717, 1.165) is 16.0 Å². The number of hydrogen-bond donors (Lipinski definition) is 0. The minimum Gasteiger partial charge on any atom is -0.461 e. The summed E-state index contributed by atoms with van der Waals surface area (Å²) in [6, 6.07) is 28.6. The molecule has 184 valence electrons. The van der Waals surface area contributed by atoms with Gasteiger partial charge in [-0.05, 0) is 36.1 Å². The lowest BCUT2D eigenvalue weighted by Gasteiger charge is -2.33. The number of benzene rings is 3. The molecule has 0 saturated heterocycles. The van der Waals surface area contributed by atoms with Gasteiger partial charge in [0.2, 0.25) is 0 Å². The van der Waals surface area contributed by atoms with Gasteiger partial charge in [-0.3, -0.25) is 4.79 Å². The number of esters is 1. The lowest BCUT2D eigenvalue weighted by atomic mass is 10.0. The molecule has 6 heteroatoms. The van der Waals surface area contributed by atoms with Gasteiger partial charge in [-0.25, -0.2) is 9.78 Å². The Morgan fingerprint density at radius 1 is 0.889 bits per heavy atom. The lowest BCUT2D eigenvalue weighted by Crippen LogP contribution is -2.37. The molecule has 3 aromatic carbocycles. The van der Waals surface area contributed by atoms with Gasteiger partial charge in [-0.15, -0.1) is 11.3 Å². The van der Waals surface area contributed by atoms with Crippen LogP contribution in [0.4, 0.5) is 0 Å². The topological polar surface area (TPSA) is 59.5 Å². The van der Waals surface area contributed by atoms with Gasteiger partial charge in [0.25, 0.3) is 5.91 Å². The van der Waals surface area contributed by atoms with E-state index in [9.17, 15) is 9.59 Å². The first-order chi connectivity index (χ1) is 17.5. The highest BCUT2D eigenvalue weighted by Crippen LogP contribution is 2.39. The maximum Gasteiger partial charge on any atom is 0.358 e. The first kappa shape index (κ1) is 25.3. The average Bonchev–Trinajstić information content (AvgIpc) is 3.34. The molecule has 4 rings (SSSR count). The van der Waals surface area contributed by atoms with E-state index >= 15 is 0 Å². The predicted octanol–water partition coefficient (Wildman–Crippen LogP) is 7.03. The number of thiazole rings is 1. The van der Waals surface area contributed by atoms with E-state index in [1.807, 2.05) is 95.9 Å². The molecule has 1 aromatic heterocycles. The third kappa shape index (κ3) is 5.71. The van der Waals surface area contributed by atoms with Crippen LogP contribution in [0, 0.1) is 5.92 Å². The summed E-state index contributed by atoms with van der Waals surface area (Å²) in [5, 5.41) is 0.715. The quantitative estimate of drug-likeness (QED) is 0.233. The molecule has 0 aliphatic rings. The van der Waals surface area contributed by atoms with Crippen molar-refractivity contribution in [3.05, 3.63) is 113 Å². The Bertz CT molecular complexity index is 1290. The molecule has 36 heavy (non-hydrogen) atoms. The van der Waals surface area contributed by atoms with Crippen LogP contribution in [-0.4, -0.2) is 28.4 Å². The Balaban J connectivity index is 1.83. The molecule has 0 aliphatic carbocycles. The Hall–Kier alpha value is -3.77. The minimum atomic E-state index is -0.453. The smallest absolute Gasteiger partial charge is 0.358 e. The van der Waals surface area contributed by atoms with E-state index in [2.05, 4.69) is 13.8 Å². The van der Waals surface area contributed by atoms with Crippen molar-refractivity contribution in [3.8, 4) is 10.4 Å². The first-order valence-electron chi connectivity index (χ1n) is 12.1. The number of aromatic nitrogens is 1. The van der Waals surface area contributed by atoms with Crippen LogP contribution in [0.15, 0.2) is 91.0 Å². The van der Waals surface area contributed by atoms with Gasteiger partial charge in [-0.2, -0.15) is 0 Å². The van der Waals surface area contributed by atoms with Gasteiger partial charge < -0.3 is 9.64 Å². The van der Waals surface area contributed by atoms with Crippen LogP contribution < -0.4 is 0 Å². The number of carbonyl (C=O) groups excluding carboxylic acids is 2. The van der Waals surface area contributed by atoms with Gasteiger partial charge >= 0.3 is 5.97 Å². The van der Waals surface area contributed by atoms with Crippen molar-refractivity contribution in [3.63, 3.8) is 0 Å². The fourth-order valence-electron chi connectivity index (χ4n) is 4.19. The molecule has 4 aromatic rings. The second-order valence-corrected chi connectivity index (χ2v) is 9.82. The van der Waals surface area contributed by atoms with Crippen molar-refractivity contribution >= 4 is 23.2 Å². The first-order valence-corrected chi connectivity index (χ1v) is 12.9. The summed E-state index contributed by atoms with van der Waals surface area (Å²) >= 11 is 1.45. The fraction of sp³-hybridized carbons (Fsp3) is 0.233. The largest absolute Gasteiger partial charge is 0.461 e. The summed E-state index contributed by atoms with van der Waals surface area (Å²) in [6.07, 6.45) is 0. The molecule has 0 spiro atoms. The highest BCUT2D eigenvalue weighted by molar-refractivity contribution is 7.15. The molecule has 0 aliphatic heterocycles. The Morgan fingerprint density at radius 2 is 1.47 bits per heavy atom. The zero-order valence-corrected chi connectivity index (χ0v) is 21.6. The summed E-state index contributed by atoms with van der Waals surface area (Å²) in [4.78, 5) is 34.2. The van der Waals surface area contributed by atoms with Crippen molar-refractivity contribution in [1.29, 1.82) is 0 Å². The van der Waals surface area contributed by atoms with Crippen LogP contribution in [0.2, 0.25) is 0 Å². The standard InChI is InChI=1S/C30H30N2O3S/c1-4-35-30(34)25-27(23-16-10-6-11-17-23)36-28(31-25)26(21(2)3)32(20-22-14-8-5-9-15-22)29(33)24-18-12-7-13-19-24/h5-19,21,26H,4,20H2,1-3H3. The maximum atomic E-state index is 13.9. The SMILES string of the molecule is CCOC(=O)c1nc(C(C(C)C)N(Cc2ccccc2)C(=O)c2ccccc2)sc1-c1ccccc1. The Morgan fingerprint density at radius 3 is 2.06 bits per heavy atom. The molecule has 1 heterocycles. The second kappa shape index (κ2) is 11.8. The van der Waals surface area contributed by atoms with Crippen molar-refractivity contribution in [2.45, 2.75) is 33.4 Å².